The lowest BCUT2D eigenvalue weighted by Gasteiger charge is -2.28. The molecule has 2 rings (SSSR count). The Balaban J connectivity index is 2.31. The van der Waals surface area contributed by atoms with Gasteiger partial charge in [0.25, 0.3) is 0 Å². The van der Waals surface area contributed by atoms with Gasteiger partial charge < -0.3 is 15.4 Å². The van der Waals surface area contributed by atoms with E-state index in [-0.39, 0.29) is 12.1 Å². The molecule has 3 amide bonds. The lowest BCUT2D eigenvalue weighted by Crippen LogP contribution is -2.41. The SMILES string of the molecule is COCCC1C=C(C(N)=O)C2CN1C(=O)N2OS(=O)(=O)O. The first-order valence-electron chi connectivity index (χ1n) is 6.02. The van der Waals surface area contributed by atoms with Crippen molar-refractivity contribution in [3.8, 4) is 0 Å². The second-order valence-electron chi connectivity index (χ2n) is 4.61. The molecule has 2 unspecified atom stereocenters. The van der Waals surface area contributed by atoms with Gasteiger partial charge >= 0.3 is 16.4 Å². The molecule has 21 heavy (non-hydrogen) atoms. The van der Waals surface area contributed by atoms with Crippen molar-refractivity contribution >= 4 is 22.3 Å². The summed E-state index contributed by atoms with van der Waals surface area (Å²) >= 11 is 0. The van der Waals surface area contributed by atoms with Crippen molar-refractivity contribution in [1.29, 1.82) is 0 Å². The van der Waals surface area contributed by atoms with E-state index in [9.17, 15) is 18.0 Å². The maximum Gasteiger partial charge on any atom is 0.418 e. The molecule has 2 heterocycles. The summed E-state index contributed by atoms with van der Waals surface area (Å²) < 4.78 is 39.5. The molecule has 3 N–H and O–H groups in total. The number of nitrogens with two attached hydrogens (primary N) is 1. The van der Waals surface area contributed by atoms with Gasteiger partial charge in [0.2, 0.25) is 5.91 Å². The lowest BCUT2D eigenvalue weighted by molar-refractivity contribution is -0.116. The van der Waals surface area contributed by atoms with E-state index in [0.717, 1.165) is 0 Å². The fourth-order valence-electron chi connectivity index (χ4n) is 2.42. The second kappa shape index (κ2) is 5.60. The topological polar surface area (TPSA) is 139 Å². The summed E-state index contributed by atoms with van der Waals surface area (Å²) in [5, 5.41) is 0.443. The zero-order valence-electron chi connectivity index (χ0n) is 11.1. The molecule has 118 valence electrons. The lowest BCUT2D eigenvalue weighted by atomic mass is 9.98. The molecule has 0 radical (unpaired) electrons. The van der Waals surface area contributed by atoms with E-state index in [4.69, 9.17) is 15.0 Å². The summed E-state index contributed by atoms with van der Waals surface area (Å²) in [4.78, 5) is 24.9. The van der Waals surface area contributed by atoms with E-state index in [1.165, 1.54) is 18.1 Å². The number of fused-ring (bicyclic) bond motifs is 2. The predicted molar refractivity (Wildman–Crippen MR) is 67.9 cm³/mol. The van der Waals surface area contributed by atoms with E-state index in [2.05, 4.69) is 4.28 Å². The minimum atomic E-state index is -4.89. The summed E-state index contributed by atoms with van der Waals surface area (Å²) in [7, 11) is -3.40. The number of nitrogens with zero attached hydrogens (tertiary/aromatic N) is 2. The van der Waals surface area contributed by atoms with E-state index in [0.29, 0.717) is 18.1 Å². The van der Waals surface area contributed by atoms with Gasteiger partial charge in [0.05, 0.1) is 12.6 Å². The summed E-state index contributed by atoms with van der Waals surface area (Å²) in [6, 6.07) is -2.21. The van der Waals surface area contributed by atoms with Crippen LogP contribution in [0.3, 0.4) is 0 Å². The Labute approximate surface area is 121 Å². The van der Waals surface area contributed by atoms with Crippen LogP contribution < -0.4 is 5.73 Å². The van der Waals surface area contributed by atoms with Crippen molar-refractivity contribution in [2.75, 3.05) is 20.3 Å². The highest BCUT2D eigenvalue weighted by atomic mass is 32.3. The van der Waals surface area contributed by atoms with Gasteiger partial charge in [-0.3, -0.25) is 9.35 Å². The van der Waals surface area contributed by atoms with Crippen LogP contribution in [0.5, 0.6) is 0 Å². The monoisotopic (exact) mass is 321 g/mol. The molecule has 2 bridgehead atoms. The van der Waals surface area contributed by atoms with Gasteiger partial charge in [-0.05, 0) is 6.42 Å². The van der Waals surface area contributed by atoms with Crippen LogP contribution in [0.1, 0.15) is 6.42 Å². The van der Waals surface area contributed by atoms with Crippen molar-refractivity contribution < 1.29 is 31.6 Å². The second-order valence-corrected chi connectivity index (χ2v) is 5.62. The highest BCUT2D eigenvalue weighted by Gasteiger charge is 2.49. The number of hydrogen-bond donors (Lipinski definition) is 2. The number of methoxy groups -OCH3 is 1. The molecule has 0 saturated carbocycles. The standard InChI is InChI=1S/C10H15N3O7S/c1-19-3-2-6-4-7(9(11)14)8-5-12(6)10(15)13(8)20-21(16,17)18/h4,6,8H,2-3,5H2,1H3,(H2,11,14)(H,16,17,18). The molecule has 10 nitrogen and oxygen atoms in total. The third kappa shape index (κ3) is 3.15. The Hall–Kier alpha value is -1.69. The van der Waals surface area contributed by atoms with Gasteiger partial charge in [-0.1, -0.05) is 6.08 Å². The number of hydrogen-bond acceptors (Lipinski definition) is 6. The van der Waals surface area contributed by atoms with Crippen LogP contribution in [0.2, 0.25) is 0 Å². The first-order valence-corrected chi connectivity index (χ1v) is 7.38. The number of primary amides is 1. The molecule has 2 aliphatic heterocycles. The smallest absolute Gasteiger partial charge is 0.385 e. The third-order valence-corrected chi connectivity index (χ3v) is 3.64. The van der Waals surface area contributed by atoms with Crippen molar-refractivity contribution in [3.05, 3.63) is 11.6 Å². The summed E-state index contributed by atoms with van der Waals surface area (Å²) in [5.41, 5.74) is 5.31. The Morgan fingerprint density at radius 2 is 2.24 bits per heavy atom. The molecule has 0 spiro atoms. The molecular formula is C10H15N3O7S. The number of hydroxylamine groups is 2. The number of ether oxygens (including phenoxy) is 1. The number of carbonyl (C=O) groups excluding carboxylic acids is 2. The number of carbonyl (C=O) groups is 2. The molecule has 0 aromatic heterocycles. The van der Waals surface area contributed by atoms with Crippen LogP contribution in [-0.2, 0) is 24.2 Å². The van der Waals surface area contributed by atoms with Crippen molar-refractivity contribution in [1.82, 2.24) is 9.96 Å². The van der Waals surface area contributed by atoms with Gasteiger partial charge in [-0.15, -0.1) is 4.28 Å². The minimum absolute atomic E-state index is 0.0392. The largest absolute Gasteiger partial charge is 0.418 e. The molecule has 0 aliphatic carbocycles. The maximum atomic E-state index is 12.1. The van der Waals surface area contributed by atoms with Crippen molar-refractivity contribution in [2.45, 2.75) is 18.5 Å². The molecule has 2 atom stereocenters. The van der Waals surface area contributed by atoms with Crippen LogP contribution in [0.15, 0.2) is 11.6 Å². The van der Waals surface area contributed by atoms with Gasteiger partial charge in [0, 0.05) is 19.3 Å². The highest BCUT2D eigenvalue weighted by Crippen LogP contribution is 2.31. The normalized spacial score (nSPS) is 25.2. The van der Waals surface area contributed by atoms with Gasteiger partial charge in [-0.25, -0.2) is 4.79 Å². The van der Waals surface area contributed by atoms with E-state index in [1.807, 2.05) is 0 Å². The number of rotatable bonds is 6. The Bertz CT molecular complexity index is 587. The van der Waals surface area contributed by atoms with Gasteiger partial charge in [0.1, 0.15) is 6.04 Å². The Morgan fingerprint density at radius 1 is 1.57 bits per heavy atom. The van der Waals surface area contributed by atoms with Gasteiger partial charge in [0.15, 0.2) is 0 Å². The van der Waals surface area contributed by atoms with Crippen LogP contribution >= 0.6 is 0 Å². The van der Waals surface area contributed by atoms with Gasteiger partial charge in [-0.2, -0.15) is 13.5 Å². The van der Waals surface area contributed by atoms with Crippen molar-refractivity contribution in [2.24, 2.45) is 5.73 Å². The molecular weight excluding hydrogens is 306 g/mol. The van der Waals surface area contributed by atoms with Crippen molar-refractivity contribution in [3.63, 3.8) is 0 Å². The van der Waals surface area contributed by atoms with Crippen LogP contribution in [-0.4, -0.2) is 67.2 Å². The number of urea groups is 1. The van der Waals surface area contributed by atoms with Crippen LogP contribution in [0, 0.1) is 0 Å². The quantitative estimate of drug-likeness (QED) is 0.577. The maximum absolute atomic E-state index is 12.1. The fraction of sp³-hybridized carbons (Fsp3) is 0.600. The summed E-state index contributed by atoms with van der Waals surface area (Å²) in [6.45, 7) is 0.373. The Kier molecular flexibility index (Phi) is 4.18. The highest BCUT2D eigenvalue weighted by molar-refractivity contribution is 7.80. The molecule has 0 aromatic carbocycles. The first kappa shape index (κ1) is 15.7. The molecule has 2 aliphatic rings. The average molecular weight is 321 g/mol. The molecule has 0 aromatic rings. The summed E-state index contributed by atoms with van der Waals surface area (Å²) in [6.07, 6.45) is 1.90. The van der Waals surface area contributed by atoms with Crippen LogP contribution in [0.4, 0.5) is 4.79 Å². The molecule has 11 heteroatoms. The predicted octanol–water partition coefficient (Wildman–Crippen LogP) is -1.34. The first-order chi connectivity index (χ1) is 9.74. The molecule has 1 saturated heterocycles. The average Bonchev–Trinajstić information content (AvgIpc) is 2.63. The van der Waals surface area contributed by atoms with E-state index in [1.54, 1.807) is 0 Å². The fourth-order valence-corrected chi connectivity index (χ4v) is 2.79. The van der Waals surface area contributed by atoms with Crippen LogP contribution in [0.25, 0.3) is 0 Å². The summed E-state index contributed by atoms with van der Waals surface area (Å²) in [5.74, 6) is -0.791. The number of amides is 3. The molecule has 1 fully saturated rings. The minimum Gasteiger partial charge on any atom is -0.385 e. The third-order valence-electron chi connectivity index (χ3n) is 3.29. The van der Waals surface area contributed by atoms with E-state index >= 15 is 0 Å². The zero-order chi connectivity index (χ0) is 15.8. The van der Waals surface area contributed by atoms with E-state index < -0.39 is 34.4 Å². The zero-order valence-corrected chi connectivity index (χ0v) is 11.9. The Morgan fingerprint density at radius 3 is 2.76 bits per heavy atom.